The molecule has 1 atom stereocenters. The molecule has 5 nitrogen and oxygen atoms in total. The van der Waals surface area contributed by atoms with Crippen LogP contribution in [0.15, 0.2) is 40.9 Å². The van der Waals surface area contributed by atoms with Crippen molar-refractivity contribution in [2.75, 3.05) is 19.7 Å². The first-order valence-corrected chi connectivity index (χ1v) is 10.7. The highest BCUT2D eigenvalue weighted by atomic mass is 79.9. The summed E-state index contributed by atoms with van der Waals surface area (Å²) in [6.07, 6.45) is 1.68. The molecule has 0 aliphatic carbocycles. The van der Waals surface area contributed by atoms with Crippen LogP contribution in [0.5, 0.6) is 5.75 Å². The van der Waals surface area contributed by atoms with E-state index in [0.717, 1.165) is 27.9 Å². The van der Waals surface area contributed by atoms with E-state index in [1.165, 1.54) is 4.90 Å². The summed E-state index contributed by atoms with van der Waals surface area (Å²) in [5.74, 6) is -1.56. The predicted octanol–water partition coefficient (Wildman–Crippen LogP) is 4.22. The number of amides is 2. The smallest absolute Gasteiger partial charge is 0.256 e. The molecule has 0 bridgehead atoms. The Bertz CT molecular complexity index is 977. The van der Waals surface area contributed by atoms with Crippen molar-refractivity contribution in [1.29, 1.82) is 0 Å². The van der Waals surface area contributed by atoms with Gasteiger partial charge in [0.1, 0.15) is 17.4 Å². The summed E-state index contributed by atoms with van der Waals surface area (Å²) in [5.41, 5.74) is 0.798. The summed E-state index contributed by atoms with van der Waals surface area (Å²) in [6.45, 7) is 1.24. The number of likely N-dealkylation sites (tertiary alicyclic amines) is 1. The van der Waals surface area contributed by atoms with Crippen LogP contribution in [0.1, 0.15) is 41.2 Å². The maximum atomic E-state index is 13.9. The SMILES string of the molecule is O=C(NC1CCOc2ccc(Br)cc21)C1CCN(C(=O)c2ccc(F)cc2F)CC1. The third-order valence-corrected chi connectivity index (χ3v) is 6.14. The molecule has 1 N–H and O–H groups in total. The van der Waals surface area contributed by atoms with Gasteiger partial charge in [0.15, 0.2) is 0 Å². The Balaban J connectivity index is 1.36. The summed E-state index contributed by atoms with van der Waals surface area (Å²) >= 11 is 3.46. The molecule has 2 aliphatic rings. The van der Waals surface area contributed by atoms with Crippen LogP contribution in [0.4, 0.5) is 8.78 Å². The first-order chi connectivity index (χ1) is 14.4. The Morgan fingerprint density at radius 1 is 1.07 bits per heavy atom. The lowest BCUT2D eigenvalue weighted by Crippen LogP contribution is -2.44. The van der Waals surface area contributed by atoms with Gasteiger partial charge in [-0.1, -0.05) is 15.9 Å². The van der Waals surface area contributed by atoms with Gasteiger partial charge < -0.3 is 15.0 Å². The van der Waals surface area contributed by atoms with Gasteiger partial charge in [-0.25, -0.2) is 8.78 Å². The van der Waals surface area contributed by atoms with Gasteiger partial charge in [-0.15, -0.1) is 0 Å². The van der Waals surface area contributed by atoms with Crippen LogP contribution in [-0.4, -0.2) is 36.4 Å². The van der Waals surface area contributed by atoms with Crippen LogP contribution in [0, 0.1) is 17.6 Å². The largest absolute Gasteiger partial charge is 0.493 e. The highest BCUT2D eigenvalue weighted by Crippen LogP contribution is 2.34. The molecule has 0 radical (unpaired) electrons. The van der Waals surface area contributed by atoms with E-state index in [2.05, 4.69) is 21.2 Å². The van der Waals surface area contributed by atoms with Gasteiger partial charge in [0, 0.05) is 41.5 Å². The van der Waals surface area contributed by atoms with Gasteiger partial charge in [-0.2, -0.15) is 0 Å². The standard InChI is InChI=1S/C22H21BrF2N2O3/c23-14-1-4-20-17(11-14)19(7-10-30-20)26-21(28)13-5-8-27(9-6-13)22(29)16-3-2-15(24)12-18(16)25/h1-4,11-13,19H,5-10H2,(H,26,28). The quantitative estimate of drug-likeness (QED) is 0.718. The molecule has 0 aromatic heterocycles. The molecule has 4 rings (SSSR count). The van der Waals surface area contributed by atoms with E-state index in [4.69, 9.17) is 4.74 Å². The molecule has 30 heavy (non-hydrogen) atoms. The van der Waals surface area contributed by atoms with Crippen molar-refractivity contribution in [2.24, 2.45) is 5.92 Å². The minimum atomic E-state index is -0.871. The third kappa shape index (κ3) is 4.33. The van der Waals surface area contributed by atoms with Crippen LogP contribution < -0.4 is 10.1 Å². The van der Waals surface area contributed by atoms with Crippen LogP contribution in [-0.2, 0) is 4.79 Å². The van der Waals surface area contributed by atoms with Crippen molar-refractivity contribution in [3.63, 3.8) is 0 Å². The van der Waals surface area contributed by atoms with Crippen LogP contribution in [0.3, 0.4) is 0 Å². The molecule has 8 heteroatoms. The number of hydrogen-bond acceptors (Lipinski definition) is 3. The Morgan fingerprint density at radius 2 is 1.83 bits per heavy atom. The lowest BCUT2D eigenvalue weighted by atomic mass is 9.93. The number of carbonyl (C=O) groups is 2. The molecular weight excluding hydrogens is 458 g/mol. The lowest BCUT2D eigenvalue weighted by molar-refractivity contribution is -0.127. The number of nitrogens with zero attached hydrogens (tertiary/aromatic N) is 1. The molecule has 2 aromatic rings. The summed E-state index contributed by atoms with van der Waals surface area (Å²) in [5, 5.41) is 3.12. The monoisotopic (exact) mass is 478 g/mol. The normalized spacial score (nSPS) is 19.0. The zero-order chi connectivity index (χ0) is 21.3. The Morgan fingerprint density at radius 3 is 2.57 bits per heavy atom. The van der Waals surface area contributed by atoms with E-state index in [-0.39, 0.29) is 23.4 Å². The predicted molar refractivity (Wildman–Crippen MR) is 110 cm³/mol. The summed E-state index contributed by atoms with van der Waals surface area (Å²) in [7, 11) is 0. The molecule has 1 unspecified atom stereocenters. The number of nitrogens with one attached hydrogen (secondary N) is 1. The molecule has 158 valence electrons. The number of carbonyl (C=O) groups excluding carboxylic acids is 2. The third-order valence-electron chi connectivity index (χ3n) is 5.64. The Kier molecular flexibility index (Phi) is 6.04. The molecule has 2 aromatic carbocycles. The van der Waals surface area contributed by atoms with E-state index < -0.39 is 17.5 Å². The van der Waals surface area contributed by atoms with Crippen molar-refractivity contribution in [3.8, 4) is 5.75 Å². The van der Waals surface area contributed by atoms with Crippen molar-refractivity contribution >= 4 is 27.7 Å². The Hall–Kier alpha value is -2.48. The topological polar surface area (TPSA) is 58.6 Å². The number of fused-ring (bicyclic) bond motifs is 1. The minimum absolute atomic E-state index is 0.0483. The number of rotatable bonds is 3. The molecule has 2 aliphatic heterocycles. The lowest BCUT2D eigenvalue weighted by Gasteiger charge is -2.33. The minimum Gasteiger partial charge on any atom is -0.493 e. The number of hydrogen-bond donors (Lipinski definition) is 1. The van der Waals surface area contributed by atoms with E-state index in [1.54, 1.807) is 0 Å². The van der Waals surface area contributed by atoms with Crippen LogP contribution >= 0.6 is 15.9 Å². The highest BCUT2D eigenvalue weighted by molar-refractivity contribution is 9.10. The maximum Gasteiger partial charge on any atom is 0.256 e. The number of piperidine rings is 1. The van der Waals surface area contributed by atoms with Gasteiger partial charge in [0.25, 0.3) is 5.91 Å². The van der Waals surface area contributed by atoms with Crippen molar-refractivity contribution < 1.29 is 23.1 Å². The summed E-state index contributed by atoms with van der Waals surface area (Å²) in [6, 6.07) is 8.56. The van der Waals surface area contributed by atoms with E-state index >= 15 is 0 Å². The zero-order valence-electron chi connectivity index (χ0n) is 16.2. The molecule has 1 saturated heterocycles. The highest BCUT2D eigenvalue weighted by Gasteiger charge is 2.31. The van der Waals surface area contributed by atoms with Gasteiger partial charge in [-0.05, 0) is 43.2 Å². The Labute approximate surface area is 181 Å². The average molecular weight is 479 g/mol. The van der Waals surface area contributed by atoms with Crippen molar-refractivity contribution in [2.45, 2.75) is 25.3 Å². The molecule has 0 spiro atoms. The fourth-order valence-corrected chi connectivity index (χ4v) is 4.36. The van der Waals surface area contributed by atoms with E-state index in [0.29, 0.717) is 45.0 Å². The van der Waals surface area contributed by atoms with Gasteiger partial charge in [0.2, 0.25) is 5.91 Å². The second kappa shape index (κ2) is 8.71. The van der Waals surface area contributed by atoms with Crippen LogP contribution in [0.2, 0.25) is 0 Å². The van der Waals surface area contributed by atoms with E-state index in [1.807, 2.05) is 18.2 Å². The molecule has 0 saturated carbocycles. The van der Waals surface area contributed by atoms with Gasteiger partial charge in [-0.3, -0.25) is 9.59 Å². The molecule has 1 fully saturated rings. The zero-order valence-corrected chi connectivity index (χ0v) is 17.8. The molecule has 2 heterocycles. The molecular formula is C22H21BrF2N2O3. The summed E-state index contributed by atoms with van der Waals surface area (Å²) < 4.78 is 33.6. The number of halogens is 3. The van der Waals surface area contributed by atoms with Gasteiger partial charge >= 0.3 is 0 Å². The van der Waals surface area contributed by atoms with Crippen molar-refractivity contribution in [1.82, 2.24) is 10.2 Å². The second-order valence-electron chi connectivity index (χ2n) is 7.57. The maximum absolute atomic E-state index is 13.9. The summed E-state index contributed by atoms with van der Waals surface area (Å²) in [4.78, 5) is 26.9. The van der Waals surface area contributed by atoms with Crippen LogP contribution in [0.25, 0.3) is 0 Å². The van der Waals surface area contributed by atoms with Gasteiger partial charge in [0.05, 0.1) is 18.2 Å². The van der Waals surface area contributed by atoms with Crippen molar-refractivity contribution in [3.05, 3.63) is 63.6 Å². The number of ether oxygens (including phenoxy) is 1. The fraction of sp³-hybridized carbons (Fsp3) is 0.364. The average Bonchev–Trinajstić information content (AvgIpc) is 2.74. The first-order valence-electron chi connectivity index (χ1n) is 9.89. The van der Waals surface area contributed by atoms with E-state index in [9.17, 15) is 18.4 Å². The first kappa shape index (κ1) is 20.8. The molecule has 2 amide bonds. The number of benzene rings is 2. The fourth-order valence-electron chi connectivity index (χ4n) is 3.98. The second-order valence-corrected chi connectivity index (χ2v) is 8.49.